The highest BCUT2D eigenvalue weighted by molar-refractivity contribution is 6.00. The highest BCUT2D eigenvalue weighted by Crippen LogP contribution is 2.25. The monoisotopic (exact) mass is 291 g/mol. The van der Waals surface area contributed by atoms with Crippen LogP contribution < -0.4 is 5.73 Å². The van der Waals surface area contributed by atoms with E-state index in [2.05, 4.69) is 9.55 Å². The van der Waals surface area contributed by atoms with Gasteiger partial charge in [-0.2, -0.15) is 0 Å². The fourth-order valence-electron chi connectivity index (χ4n) is 2.53. The predicted molar refractivity (Wildman–Crippen MR) is 86.5 cm³/mol. The van der Waals surface area contributed by atoms with Crippen molar-refractivity contribution in [2.75, 3.05) is 0 Å². The summed E-state index contributed by atoms with van der Waals surface area (Å²) in [6.45, 7) is 2.68. The molecule has 22 heavy (non-hydrogen) atoms. The van der Waals surface area contributed by atoms with Gasteiger partial charge >= 0.3 is 0 Å². The van der Waals surface area contributed by atoms with Crippen LogP contribution in [0.3, 0.4) is 0 Å². The number of nitrogens with two attached hydrogens (primary N) is 1. The lowest BCUT2D eigenvalue weighted by molar-refractivity contribution is 0.100. The molecule has 0 bridgehead atoms. The Morgan fingerprint density at radius 1 is 1.18 bits per heavy atom. The summed E-state index contributed by atoms with van der Waals surface area (Å²) in [4.78, 5) is 15.9. The SMILES string of the molecule is Cc1nccn1Cc1ccc(C(N)=O)c(-c2ccccc2)c1. The number of aromatic nitrogens is 2. The number of benzene rings is 2. The Labute approximate surface area is 129 Å². The molecule has 3 aromatic rings. The number of hydrogen-bond donors (Lipinski definition) is 1. The first-order valence-electron chi connectivity index (χ1n) is 7.11. The molecule has 0 aliphatic carbocycles. The third-order valence-electron chi connectivity index (χ3n) is 3.71. The zero-order valence-corrected chi connectivity index (χ0v) is 12.4. The van der Waals surface area contributed by atoms with E-state index in [0.29, 0.717) is 12.1 Å². The van der Waals surface area contributed by atoms with Crippen LogP contribution in [0, 0.1) is 6.92 Å². The molecule has 1 aromatic heterocycles. The lowest BCUT2D eigenvalue weighted by Gasteiger charge is -2.11. The first-order chi connectivity index (χ1) is 10.6. The molecule has 0 spiro atoms. The van der Waals surface area contributed by atoms with Crippen molar-refractivity contribution in [2.45, 2.75) is 13.5 Å². The standard InChI is InChI=1S/C18H17N3O/c1-13-20-9-10-21(13)12-14-7-8-16(18(19)22)17(11-14)15-5-3-2-4-6-15/h2-11H,12H2,1H3,(H2,19,22). The van der Waals surface area contributed by atoms with Crippen molar-refractivity contribution in [2.24, 2.45) is 5.73 Å². The molecule has 2 N–H and O–H groups in total. The molecule has 1 amide bonds. The van der Waals surface area contributed by atoms with Crippen molar-refractivity contribution in [3.63, 3.8) is 0 Å². The van der Waals surface area contributed by atoms with Crippen molar-refractivity contribution >= 4 is 5.91 Å². The van der Waals surface area contributed by atoms with Crippen LogP contribution in [0.4, 0.5) is 0 Å². The maximum absolute atomic E-state index is 11.7. The molecule has 0 aliphatic heterocycles. The fraction of sp³-hybridized carbons (Fsp3) is 0.111. The summed E-state index contributed by atoms with van der Waals surface area (Å²) in [6, 6.07) is 15.6. The van der Waals surface area contributed by atoms with Crippen LogP contribution in [0.5, 0.6) is 0 Å². The molecule has 0 atom stereocenters. The number of carbonyl (C=O) groups excluding carboxylic acids is 1. The normalized spacial score (nSPS) is 10.6. The fourth-order valence-corrected chi connectivity index (χ4v) is 2.53. The highest BCUT2D eigenvalue weighted by atomic mass is 16.1. The molecule has 0 saturated carbocycles. The number of aryl methyl sites for hydroxylation is 1. The molecule has 0 fully saturated rings. The van der Waals surface area contributed by atoms with Crippen LogP contribution in [0.2, 0.25) is 0 Å². The van der Waals surface area contributed by atoms with Gasteiger partial charge in [0, 0.05) is 24.5 Å². The van der Waals surface area contributed by atoms with E-state index in [0.717, 1.165) is 22.5 Å². The van der Waals surface area contributed by atoms with Gasteiger partial charge in [-0.1, -0.05) is 36.4 Å². The number of amides is 1. The lowest BCUT2D eigenvalue weighted by Crippen LogP contribution is -2.13. The van der Waals surface area contributed by atoms with E-state index in [-0.39, 0.29) is 0 Å². The average molecular weight is 291 g/mol. The van der Waals surface area contributed by atoms with Gasteiger partial charge in [-0.25, -0.2) is 4.98 Å². The first kappa shape index (κ1) is 14.1. The van der Waals surface area contributed by atoms with E-state index in [4.69, 9.17) is 5.73 Å². The second-order valence-corrected chi connectivity index (χ2v) is 5.21. The Morgan fingerprint density at radius 3 is 2.59 bits per heavy atom. The Kier molecular flexibility index (Phi) is 3.74. The Hall–Kier alpha value is -2.88. The largest absolute Gasteiger partial charge is 0.366 e. The van der Waals surface area contributed by atoms with Gasteiger partial charge in [-0.15, -0.1) is 0 Å². The Balaban J connectivity index is 2.04. The molecule has 0 saturated heterocycles. The van der Waals surface area contributed by atoms with E-state index in [1.807, 2.05) is 55.6 Å². The number of primary amides is 1. The van der Waals surface area contributed by atoms with Crippen LogP contribution in [0.15, 0.2) is 60.9 Å². The van der Waals surface area contributed by atoms with Gasteiger partial charge < -0.3 is 10.3 Å². The van der Waals surface area contributed by atoms with Gasteiger partial charge in [0.1, 0.15) is 5.82 Å². The number of imidazole rings is 1. The summed E-state index contributed by atoms with van der Waals surface area (Å²) in [7, 11) is 0. The minimum absolute atomic E-state index is 0.413. The van der Waals surface area contributed by atoms with E-state index in [9.17, 15) is 4.79 Å². The summed E-state index contributed by atoms with van der Waals surface area (Å²) in [6.07, 6.45) is 3.73. The molecule has 2 aromatic carbocycles. The average Bonchev–Trinajstić information content (AvgIpc) is 2.93. The molecule has 110 valence electrons. The molecule has 1 heterocycles. The van der Waals surface area contributed by atoms with Crippen molar-refractivity contribution in [1.82, 2.24) is 9.55 Å². The molecule has 3 rings (SSSR count). The third kappa shape index (κ3) is 2.76. The van der Waals surface area contributed by atoms with Gasteiger partial charge in [0.2, 0.25) is 5.91 Å². The highest BCUT2D eigenvalue weighted by Gasteiger charge is 2.11. The summed E-state index contributed by atoms with van der Waals surface area (Å²) >= 11 is 0. The van der Waals surface area contributed by atoms with Gasteiger partial charge in [0.25, 0.3) is 0 Å². The molecule has 0 unspecified atom stereocenters. The molecule has 0 radical (unpaired) electrons. The van der Waals surface area contributed by atoms with E-state index >= 15 is 0 Å². The van der Waals surface area contributed by atoms with Crippen molar-refractivity contribution in [1.29, 1.82) is 0 Å². The van der Waals surface area contributed by atoms with Crippen molar-refractivity contribution < 1.29 is 4.79 Å². The summed E-state index contributed by atoms with van der Waals surface area (Å²) in [5.74, 6) is 0.546. The summed E-state index contributed by atoms with van der Waals surface area (Å²) < 4.78 is 2.06. The van der Waals surface area contributed by atoms with Gasteiger partial charge in [0.15, 0.2) is 0 Å². The van der Waals surface area contributed by atoms with Crippen LogP contribution in [0.25, 0.3) is 11.1 Å². The number of hydrogen-bond acceptors (Lipinski definition) is 2. The van der Waals surface area contributed by atoms with Crippen molar-refractivity contribution in [3.8, 4) is 11.1 Å². The predicted octanol–water partition coefficient (Wildman–Crippen LogP) is 3.01. The molecular formula is C18H17N3O. The smallest absolute Gasteiger partial charge is 0.249 e. The third-order valence-corrected chi connectivity index (χ3v) is 3.71. The van der Waals surface area contributed by atoms with E-state index in [1.165, 1.54) is 0 Å². The molecular weight excluding hydrogens is 274 g/mol. The van der Waals surface area contributed by atoms with Gasteiger partial charge in [-0.05, 0) is 35.7 Å². The first-order valence-corrected chi connectivity index (χ1v) is 7.11. The zero-order chi connectivity index (χ0) is 15.5. The van der Waals surface area contributed by atoms with Gasteiger partial charge in [-0.3, -0.25) is 4.79 Å². The minimum atomic E-state index is -0.413. The van der Waals surface area contributed by atoms with Crippen LogP contribution in [0.1, 0.15) is 21.7 Å². The summed E-state index contributed by atoms with van der Waals surface area (Å²) in [5, 5.41) is 0. The topological polar surface area (TPSA) is 60.9 Å². The molecule has 0 aliphatic rings. The Bertz CT molecular complexity index is 806. The van der Waals surface area contributed by atoms with Crippen molar-refractivity contribution in [3.05, 3.63) is 77.9 Å². The van der Waals surface area contributed by atoms with Crippen LogP contribution in [-0.4, -0.2) is 15.5 Å². The Morgan fingerprint density at radius 2 is 1.95 bits per heavy atom. The lowest BCUT2D eigenvalue weighted by atomic mass is 9.97. The number of carbonyl (C=O) groups is 1. The van der Waals surface area contributed by atoms with Crippen LogP contribution >= 0.6 is 0 Å². The van der Waals surface area contributed by atoms with Crippen LogP contribution in [-0.2, 0) is 6.54 Å². The molecule has 4 nitrogen and oxygen atoms in total. The minimum Gasteiger partial charge on any atom is -0.366 e. The quantitative estimate of drug-likeness (QED) is 0.803. The van der Waals surface area contributed by atoms with E-state index in [1.54, 1.807) is 12.3 Å². The van der Waals surface area contributed by atoms with E-state index < -0.39 is 5.91 Å². The number of nitrogens with zero attached hydrogens (tertiary/aromatic N) is 2. The molecule has 4 heteroatoms. The maximum Gasteiger partial charge on any atom is 0.249 e. The zero-order valence-electron chi connectivity index (χ0n) is 12.4. The van der Waals surface area contributed by atoms with Gasteiger partial charge in [0.05, 0.1) is 0 Å². The maximum atomic E-state index is 11.7. The number of rotatable bonds is 4. The second kappa shape index (κ2) is 5.85. The summed E-state index contributed by atoms with van der Waals surface area (Å²) in [5.41, 5.74) is 9.00. The second-order valence-electron chi connectivity index (χ2n) is 5.21.